The number of allylic oxidation sites excluding steroid dienone is 1. The monoisotopic (exact) mass is 448 g/mol. The van der Waals surface area contributed by atoms with Crippen LogP contribution in [0.5, 0.6) is 11.5 Å². The van der Waals surface area contributed by atoms with Crippen molar-refractivity contribution in [2.45, 2.75) is 45.3 Å². The second-order valence-corrected chi connectivity index (χ2v) is 8.84. The van der Waals surface area contributed by atoms with Gasteiger partial charge in [-0.1, -0.05) is 28.1 Å². The molecule has 0 radical (unpaired) electrons. The highest BCUT2D eigenvalue weighted by Gasteiger charge is 2.53. The highest BCUT2D eigenvalue weighted by molar-refractivity contribution is 9.10. The topological polar surface area (TPSA) is 58.9 Å². The molecule has 2 N–H and O–H groups in total. The van der Waals surface area contributed by atoms with Gasteiger partial charge in [0.15, 0.2) is 0 Å². The summed E-state index contributed by atoms with van der Waals surface area (Å²) in [5.41, 5.74) is -0.574. The maximum absolute atomic E-state index is 15.6. The molecule has 0 atom stereocenters. The van der Waals surface area contributed by atoms with E-state index in [2.05, 4.69) is 15.9 Å². The van der Waals surface area contributed by atoms with E-state index in [0.29, 0.717) is 0 Å². The zero-order valence-corrected chi connectivity index (χ0v) is 17.9. The normalized spacial score (nSPS) is 18.9. The minimum atomic E-state index is -1.18. The van der Waals surface area contributed by atoms with Gasteiger partial charge in [-0.25, -0.2) is 4.39 Å². The van der Waals surface area contributed by atoms with Gasteiger partial charge in [-0.2, -0.15) is 0 Å². The summed E-state index contributed by atoms with van der Waals surface area (Å²) in [6.07, 6.45) is 0.224. The van der Waals surface area contributed by atoms with E-state index in [1.165, 1.54) is 18.2 Å². The molecule has 148 valence electrons. The second-order valence-electron chi connectivity index (χ2n) is 7.92. The van der Waals surface area contributed by atoms with Crippen LogP contribution in [0, 0.1) is 0 Å². The van der Waals surface area contributed by atoms with Crippen LogP contribution >= 0.6 is 15.9 Å². The first kappa shape index (κ1) is 20.9. The second kappa shape index (κ2) is 7.54. The third-order valence-corrected chi connectivity index (χ3v) is 5.88. The molecular formula is C21H23BBrFO4. The van der Waals surface area contributed by atoms with Crippen molar-refractivity contribution >= 4 is 28.6 Å². The molecule has 3 rings (SSSR count). The molecule has 0 spiro atoms. The Bertz CT molecular complexity index is 893. The fourth-order valence-corrected chi connectivity index (χ4v) is 3.24. The van der Waals surface area contributed by atoms with E-state index in [9.17, 15) is 10.2 Å². The van der Waals surface area contributed by atoms with Crippen LogP contribution in [-0.2, 0) is 15.7 Å². The van der Waals surface area contributed by atoms with E-state index >= 15 is 4.39 Å². The summed E-state index contributed by atoms with van der Waals surface area (Å²) in [4.78, 5) is 0. The highest BCUT2D eigenvalue weighted by atomic mass is 79.9. The molecule has 1 saturated heterocycles. The summed E-state index contributed by atoms with van der Waals surface area (Å²) in [5, 5.41) is 19.9. The molecule has 0 saturated carbocycles. The fourth-order valence-electron chi connectivity index (χ4n) is 2.98. The Morgan fingerprint density at radius 1 is 1.00 bits per heavy atom. The summed E-state index contributed by atoms with van der Waals surface area (Å²) in [5.74, 6) is -0.306. The molecule has 0 unspecified atom stereocenters. The van der Waals surface area contributed by atoms with Gasteiger partial charge in [-0.15, -0.1) is 0 Å². The van der Waals surface area contributed by atoms with Gasteiger partial charge in [0.1, 0.15) is 17.2 Å². The Morgan fingerprint density at radius 2 is 1.57 bits per heavy atom. The zero-order chi connectivity index (χ0) is 20.7. The molecule has 28 heavy (non-hydrogen) atoms. The van der Waals surface area contributed by atoms with Crippen LogP contribution in [0.3, 0.4) is 0 Å². The van der Waals surface area contributed by atoms with Crippen molar-refractivity contribution in [3.63, 3.8) is 0 Å². The average Bonchev–Trinajstić information content (AvgIpc) is 2.82. The minimum Gasteiger partial charge on any atom is -0.508 e. The minimum absolute atomic E-state index is 0.0970. The first-order valence-corrected chi connectivity index (χ1v) is 9.80. The third kappa shape index (κ3) is 4.11. The number of rotatable bonds is 4. The molecule has 1 fully saturated rings. The maximum atomic E-state index is 15.6. The van der Waals surface area contributed by atoms with Crippen LogP contribution < -0.4 is 0 Å². The molecule has 2 aromatic carbocycles. The molecule has 1 heterocycles. The van der Waals surface area contributed by atoms with Crippen LogP contribution in [0.25, 0.3) is 5.57 Å². The van der Waals surface area contributed by atoms with Crippen molar-refractivity contribution in [1.29, 1.82) is 0 Å². The predicted molar refractivity (Wildman–Crippen MR) is 112 cm³/mol. The van der Waals surface area contributed by atoms with Gasteiger partial charge < -0.3 is 19.5 Å². The number of hydrogen-bond donors (Lipinski definition) is 2. The summed E-state index contributed by atoms with van der Waals surface area (Å²) in [6, 6.07) is 11.6. The Hall–Kier alpha value is -1.83. The van der Waals surface area contributed by atoms with Crippen molar-refractivity contribution in [1.82, 2.24) is 0 Å². The van der Waals surface area contributed by atoms with Gasteiger partial charge in [0, 0.05) is 22.5 Å². The molecule has 4 nitrogen and oxygen atoms in total. The summed E-state index contributed by atoms with van der Waals surface area (Å²) in [6.45, 7) is 7.42. The quantitative estimate of drug-likeness (QED) is 0.613. The average molecular weight is 449 g/mol. The van der Waals surface area contributed by atoms with Crippen LogP contribution in [0.15, 0.2) is 52.7 Å². The lowest BCUT2D eigenvalue weighted by molar-refractivity contribution is 0.00578. The first-order valence-electron chi connectivity index (χ1n) is 9.01. The Labute approximate surface area is 173 Å². The first-order chi connectivity index (χ1) is 13.0. The highest BCUT2D eigenvalue weighted by Crippen LogP contribution is 2.42. The summed E-state index contributed by atoms with van der Waals surface area (Å²) in [7, 11) is -1.18. The van der Waals surface area contributed by atoms with Crippen molar-refractivity contribution in [2.24, 2.45) is 0 Å². The molecule has 1 aliphatic rings. The van der Waals surface area contributed by atoms with Gasteiger partial charge in [-0.3, -0.25) is 0 Å². The number of phenols is 2. The lowest BCUT2D eigenvalue weighted by Crippen LogP contribution is -2.41. The molecule has 0 aromatic heterocycles. The standard InChI is InChI=1S/C21H23BBrFO4/c1-20(2)21(3,4)28-22(27-20)19(24)17(11-13-5-7-14(23)8-6-13)16-10-9-15(25)12-18(16)26/h5-10,12,25-26H,11H2,1-4H3. The smallest absolute Gasteiger partial charge is 0.508 e. The largest absolute Gasteiger partial charge is 0.525 e. The van der Waals surface area contributed by atoms with Crippen LogP contribution in [0.4, 0.5) is 4.39 Å². The maximum Gasteiger partial charge on any atom is 0.525 e. The lowest BCUT2D eigenvalue weighted by Gasteiger charge is -2.32. The number of benzene rings is 2. The van der Waals surface area contributed by atoms with Crippen LogP contribution in [0.2, 0.25) is 0 Å². The zero-order valence-electron chi connectivity index (χ0n) is 16.3. The van der Waals surface area contributed by atoms with E-state index < -0.39 is 24.0 Å². The van der Waals surface area contributed by atoms with Crippen molar-refractivity contribution < 1.29 is 23.9 Å². The fraction of sp³-hybridized carbons (Fsp3) is 0.333. The predicted octanol–water partition coefficient (Wildman–Crippen LogP) is 5.42. The van der Waals surface area contributed by atoms with Crippen molar-refractivity contribution in [3.05, 3.63) is 63.8 Å². The van der Waals surface area contributed by atoms with Gasteiger partial charge in [-0.05, 0) is 63.1 Å². The molecule has 2 aromatic rings. The number of aromatic hydroxyl groups is 2. The van der Waals surface area contributed by atoms with Crippen LogP contribution in [-0.4, -0.2) is 28.5 Å². The van der Waals surface area contributed by atoms with E-state index in [1.54, 1.807) is 0 Å². The molecule has 1 aliphatic heterocycles. The van der Waals surface area contributed by atoms with Gasteiger partial charge in [0.25, 0.3) is 0 Å². The van der Waals surface area contributed by atoms with Gasteiger partial charge >= 0.3 is 7.12 Å². The summed E-state index contributed by atoms with van der Waals surface area (Å²) >= 11 is 3.39. The third-order valence-electron chi connectivity index (χ3n) is 5.35. The van der Waals surface area contributed by atoms with E-state index in [4.69, 9.17) is 9.31 Å². The van der Waals surface area contributed by atoms with Crippen molar-refractivity contribution in [3.8, 4) is 11.5 Å². The van der Waals surface area contributed by atoms with E-state index in [1.807, 2.05) is 52.0 Å². The van der Waals surface area contributed by atoms with E-state index in [-0.39, 0.29) is 29.1 Å². The Kier molecular flexibility index (Phi) is 5.63. The number of phenolic OH excluding ortho intramolecular Hbond substituents is 2. The number of hydrogen-bond acceptors (Lipinski definition) is 4. The number of halogens is 2. The Balaban J connectivity index is 2.07. The molecule has 0 amide bonds. The van der Waals surface area contributed by atoms with Crippen LogP contribution in [0.1, 0.15) is 38.8 Å². The van der Waals surface area contributed by atoms with E-state index in [0.717, 1.165) is 10.0 Å². The molecule has 7 heteroatoms. The molecule has 0 bridgehead atoms. The molecular weight excluding hydrogens is 426 g/mol. The van der Waals surface area contributed by atoms with Crippen molar-refractivity contribution in [2.75, 3.05) is 0 Å². The summed E-state index contributed by atoms with van der Waals surface area (Å²) < 4.78 is 28.3. The lowest BCUT2D eigenvalue weighted by atomic mass is 9.80. The van der Waals surface area contributed by atoms with Gasteiger partial charge in [0.2, 0.25) is 0 Å². The molecule has 0 aliphatic carbocycles. The van der Waals surface area contributed by atoms with Gasteiger partial charge in [0.05, 0.1) is 11.2 Å². The Morgan fingerprint density at radius 3 is 2.11 bits per heavy atom. The SMILES string of the molecule is CC1(C)OB(C(F)=C(Cc2ccc(Br)cc2)c2ccc(O)cc2O)OC1(C)C.